The van der Waals surface area contributed by atoms with E-state index in [9.17, 15) is 24.5 Å². The average molecular weight is 419 g/mol. The molecule has 0 atom stereocenters. The van der Waals surface area contributed by atoms with Gasteiger partial charge < -0.3 is 10.1 Å². The van der Waals surface area contributed by atoms with Crippen molar-refractivity contribution in [2.24, 2.45) is 0 Å². The Bertz CT molecular complexity index is 1040. The molecule has 1 aliphatic rings. The molecule has 0 aromatic carbocycles. The fourth-order valence-electron chi connectivity index (χ4n) is 3.38. The molecule has 154 valence electrons. The third-order valence-electron chi connectivity index (χ3n) is 4.77. The number of esters is 1. The minimum atomic E-state index is -0.846. The second-order valence-corrected chi connectivity index (χ2v) is 7.80. The van der Waals surface area contributed by atoms with E-state index in [1.165, 1.54) is 17.4 Å². The summed E-state index contributed by atoms with van der Waals surface area (Å²) in [4.78, 5) is 48.7. The summed E-state index contributed by atoms with van der Waals surface area (Å²) in [5.41, 5.74) is 0.275. The summed E-state index contributed by atoms with van der Waals surface area (Å²) in [7, 11) is 0. The Kier molecular flexibility index (Phi) is 6.12. The fraction of sp³-hybridized carbons (Fsp3) is 0.421. The molecule has 1 N–H and O–H groups in total. The van der Waals surface area contributed by atoms with E-state index in [0.29, 0.717) is 16.3 Å². The predicted molar refractivity (Wildman–Crippen MR) is 108 cm³/mol. The lowest BCUT2D eigenvalue weighted by Gasteiger charge is -2.12. The molecule has 0 saturated carbocycles. The first kappa shape index (κ1) is 20.7. The van der Waals surface area contributed by atoms with Gasteiger partial charge in [0.2, 0.25) is 5.91 Å². The molecule has 0 fully saturated rings. The lowest BCUT2D eigenvalue weighted by Crippen LogP contribution is -2.30. The highest BCUT2D eigenvalue weighted by atomic mass is 32.1. The maximum Gasteiger partial charge on any atom is 0.341 e. The topological polar surface area (TPSA) is 121 Å². The van der Waals surface area contributed by atoms with Crippen molar-refractivity contribution in [2.45, 2.75) is 46.1 Å². The van der Waals surface area contributed by atoms with E-state index in [1.807, 2.05) is 0 Å². The quantitative estimate of drug-likeness (QED) is 0.437. The molecule has 0 saturated heterocycles. The normalized spacial score (nSPS) is 12.9. The number of anilines is 1. The number of aryl methyl sites for hydroxylation is 2. The Hall–Kier alpha value is -3.01. The number of aromatic nitrogens is 1. The molecule has 0 radical (unpaired) electrons. The molecule has 10 heteroatoms. The van der Waals surface area contributed by atoms with Crippen molar-refractivity contribution in [3.8, 4) is 0 Å². The van der Waals surface area contributed by atoms with Gasteiger partial charge in [-0.2, -0.15) is 0 Å². The fourth-order valence-corrected chi connectivity index (χ4v) is 4.67. The van der Waals surface area contributed by atoms with Crippen molar-refractivity contribution < 1.29 is 19.2 Å². The van der Waals surface area contributed by atoms with Gasteiger partial charge in [-0.1, -0.05) is 0 Å². The van der Waals surface area contributed by atoms with Crippen molar-refractivity contribution >= 4 is 33.9 Å². The Morgan fingerprint density at radius 3 is 2.72 bits per heavy atom. The number of ether oxygens (including phenoxy) is 1. The zero-order valence-electron chi connectivity index (χ0n) is 16.1. The van der Waals surface area contributed by atoms with Gasteiger partial charge >= 0.3 is 17.2 Å². The predicted octanol–water partition coefficient (Wildman–Crippen LogP) is 2.82. The van der Waals surface area contributed by atoms with Crippen LogP contribution in [0.1, 0.15) is 46.3 Å². The van der Waals surface area contributed by atoms with Crippen molar-refractivity contribution in [3.05, 3.63) is 54.3 Å². The molecule has 0 spiro atoms. The number of hydrogen-bond acceptors (Lipinski definition) is 7. The van der Waals surface area contributed by atoms with Crippen molar-refractivity contribution in [3.63, 3.8) is 0 Å². The van der Waals surface area contributed by atoms with E-state index >= 15 is 0 Å². The first-order chi connectivity index (χ1) is 13.8. The van der Waals surface area contributed by atoms with E-state index in [2.05, 4.69) is 5.32 Å². The standard InChI is InChI=1S/C19H21N3O6S/c1-3-28-19(25)16-12-6-4-5-7-14(12)29-17(16)20-15(23)10-21-11(2)8-9-13(18(21)24)22(26)27/h8-9H,3-7,10H2,1-2H3,(H,20,23). The van der Waals surface area contributed by atoms with E-state index in [-0.39, 0.29) is 6.61 Å². The lowest BCUT2D eigenvalue weighted by atomic mass is 9.95. The molecule has 29 heavy (non-hydrogen) atoms. The number of amides is 1. The Morgan fingerprint density at radius 2 is 2.03 bits per heavy atom. The number of carbonyl (C=O) groups excluding carboxylic acids is 2. The number of fused-ring (bicyclic) bond motifs is 1. The Morgan fingerprint density at radius 1 is 1.31 bits per heavy atom. The summed E-state index contributed by atoms with van der Waals surface area (Å²) >= 11 is 1.34. The second-order valence-electron chi connectivity index (χ2n) is 6.69. The molecule has 0 unspecified atom stereocenters. The smallest absolute Gasteiger partial charge is 0.341 e. The zero-order valence-corrected chi connectivity index (χ0v) is 17.0. The Balaban J connectivity index is 1.90. The number of rotatable bonds is 6. The zero-order chi connectivity index (χ0) is 21.1. The monoisotopic (exact) mass is 419 g/mol. The van der Waals surface area contributed by atoms with Gasteiger partial charge in [0.15, 0.2) is 0 Å². The molecule has 3 rings (SSSR count). The molecule has 0 aliphatic heterocycles. The molecule has 1 amide bonds. The molecular formula is C19H21N3O6S. The summed E-state index contributed by atoms with van der Waals surface area (Å²) in [6.07, 6.45) is 3.57. The van der Waals surface area contributed by atoms with E-state index in [1.54, 1.807) is 13.8 Å². The summed E-state index contributed by atoms with van der Waals surface area (Å²) in [6.45, 7) is 3.13. The van der Waals surface area contributed by atoms with E-state index in [4.69, 9.17) is 4.74 Å². The van der Waals surface area contributed by atoms with Crippen LogP contribution >= 0.6 is 11.3 Å². The van der Waals surface area contributed by atoms with E-state index < -0.39 is 34.6 Å². The van der Waals surface area contributed by atoms with Crippen LogP contribution in [0.15, 0.2) is 16.9 Å². The number of carbonyl (C=O) groups is 2. The third kappa shape index (κ3) is 4.21. The van der Waals surface area contributed by atoms with Gasteiger partial charge in [-0.25, -0.2) is 4.79 Å². The number of nitrogens with zero attached hydrogens (tertiary/aromatic N) is 2. The summed E-state index contributed by atoms with van der Waals surface area (Å²) in [5, 5.41) is 14.1. The number of nitro groups is 1. The second kappa shape index (κ2) is 8.56. The molecule has 2 heterocycles. The summed E-state index contributed by atoms with van der Waals surface area (Å²) in [5.74, 6) is -1.02. The maximum absolute atomic E-state index is 12.6. The molecule has 9 nitrogen and oxygen atoms in total. The average Bonchev–Trinajstić information content (AvgIpc) is 3.02. The van der Waals surface area contributed by atoms with Crippen LogP contribution < -0.4 is 10.9 Å². The maximum atomic E-state index is 12.6. The highest BCUT2D eigenvalue weighted by molar-refractivity contribution is 7.17. The van der Waals surface area contributed by atoms with Crippen molar-refractivity contribution in [1.29, 1.82) is 0 Å². The summed E-state index contributed by atoms with van der Waals surface area (Å²) < 4.78 is 6.21. The highest BCUT2D eigenvalue weighted by Gasteiger charge is 2.27. The molecule has 2 aromatic heterocycles. The number of pyridine rings is 1. The highest BCUT2D eigenvalue weighted by Crippen LogP contribution is 2.38. The van der Waals surface area contributed by atoms with Crippen LogP contribution in [0.3, 0.4) is 0 Å². The largest absolute Gasteiger partial charge is 0.462 e. The number of nitrogens with one attached hydrogen (secondary N) is 1. The number of hydrogen-bond donors (Lipinski definition) is 1. The SMILES string of the molecule is CCOC(=O)c1c(NC(=O)Cn2c(C)ccc([N+](=O)[O-])c2=O)sc2c1CCCC2. The van der Waals surface area contributed by atoms with Crippen LogP contribution in [0.25, 0.3) is 0 Å². The minimum Gasteiger partial charge on any atom is -0.462 e. The molecular weight excluding hydrogens is 398 g/mol. The van der Waals surface area contributed by atoms with Crippen molar-refractivity contribution in [1.82, 2.24) is 4.57 Å². The Labute approximate surface area is 170 Å². The van der Waals surface area contributed by atoms with Gasteiger partial charge in [-0.3, -0.25) is 24.3 Å². The van der Waals surface area contributed by atoms with Crippen LogP contribution in [0, 0.1) is 17.0 Å². The lowest BCUT2D eigenvalue weighted by molar-refractivity contribution is -0.386. The van der Waals surface area contributed by atoms with E-state index in [0.717, 1.165) is 46.8 Å². The first-order valence-corrected chi connectivity index (χ1v) is 10.1. The number of thiophene rings is 1. The van der Waals surface area contributed by atoms with Gasteiger partial charge in [-0.15, -0.1) is 11.3 Å². The van der Waals surface area contributed by atoms with Gasteiger partial charge in [0.25, 0.3) is 0 Å². The van der Waals surface area contributed by atoms with Crippen molar-refractivity contribution in [2.75, 3.05) is 11.9 Å². The van der Waals surface area contributed by atoms with Gasteiger partial charge in [0.05, 0.1) is 17.1 Å². The third-order valence-corrected chi connectivity index (χ3v) is 5.98. The first-order valence-electron chi connectivity index (χ1n) is 9.29. The van der Waals surface area contributed by atoms with Gasteiger partial charge in [0.1, 0.15) is 11.5 Å². The van der Waals surface area contributed by atoms with Crippen LogP contribution in [0.5, 0.6) is 0 Å². The van der Waals surface area contributed by atoms with Crippen LogP contribution in [-0.4, -0.2) is 28.0 Å². The van der Waals surface area contributed by atoms with Gasteiger partial charge in [0, 0.05) is 16.6 Å². The minimum absolute atomic E-state index is 0.221. The van der Waals surface area contributed by atoms with Crippen LogP contribution in [0.4, 0.5) is 10.7 Å². The molecule has 1 aliphatic carbocycles. The summed E-state index contributed by atoms with van der Waals surface area (Å²) in [6, 6.07) is 2.54. The van der Waals surface area contributed by atoms with Crippen LogP contribution in [-0.2, 0) is 28.9 Å². The molecule has 2 aromatic rings. The van der Waals surface area contributed by atoms with Crippen LogP contribution in [0.2, 0.25) is 0 Å². The molecule has 0 bridgehead atoms. The van der Waals surface area contributed by atoms with Gasteiger partial charge in [-0.05, 0) is 51.2 Å².